The number of rotatable bonds is 8. The second kappa shape index (κ2) is 12.7. The van der Waals surface area contributed by atoms with Crippen molar-refractivity contribution >= 4 is 24.3 Å². The van der Waals surface area contributed by atoms with E-state index in [0.29, 0.717) is 6.42 Å². The first-order valence-electron chi connectivity index (χ1n) is 6.99. The van der Waals surface area contributed by atoms with E-state index < -0.39 is 24.3 Å². The summed E-state index contributed by atoms with van der Waals surface area (Å²) < 4.78 is 0. The molecule has 0 aliphatic heterocycles. The van der Waals surface area contributed by atoms with Crippen molar-refractivity contribution in [2.24, 2.45) is 0 Å². The second-order valence-electron chi connectivity index (χ2n) is 6.27. The third-order valence-corrected chi connectivity index (χ3v) is 1.99. The Bertz CT molecular complexity index is 168. The van der Waals surface area contributed by atoms with Gasteiger partial charge in [-0.3, -0.25) is 4.79 Å². The first-order valence-corrected chi connectivity index (χ1v) is 18.4. The third kappa shape index (κ3) is 38.6. The van der Waals surface area contributed by atoms with E-state index >= 15 is 0 Å². The molecule has 0 aromatic rings. The number of hydrogen-bond acceptors (Lipinski definition) is 1. The minimum atomic E-state index is -1.18. The molecule has 0 unspecified atom stereocenters. The Balaban J connectivity index is 0. The summed E-state index contributed by atoms with van der Waals surface area (Å²) in [5.41, 5.74) is 0. The fourth-order valence-corrected chi connectivity index (χ4v) is 1.23. The van der Waals surface area contributed by atoms with Crippen LogP contribution in [0.3, 0.4) is 0 Å². The Morgan fingerprint density at radius 1 is 0.882 bits per heavy atom. The summed E-state index contributed by atoms with van der Waals surface area (Å²) in [5, 5.41) is 8.35. The summed E-state index contributed by atoms with van der Waals surface area (Å²) in [6.07, 6.45) is 8.64. The van der Waals surface area contributed by atoms with Gasteiger partial charge in [0.25, 0.3) is 0 Å². The molecule has 0 saturated carbocycles. The van der Waals surface area contributed by atoms with E-state index in [9.17, 15) is 4.79 Å². The first-order chi connectivity index (χ1) is 7.77. The van der Waals surface area contributed by atoms with E-state index in [1.165, 1.54) is 32.1 Å². The summed E-state index contributed by atoms with van der Waals surface area (Å²) in [5.74, 6) is -0.663. The first kappa shape index (κ1) is 19.6. The molecule has 0 heterocycles. The molecule has 1 N–H and O–H groups in total. The SMILES string of the molecule is CCCCCCCCCC(=O)O.[CH3][Sn]([CH3])([CH3])[CH3]. The number of aliphatic carboxylic acids is 1. The summed E-state index contributed by atoms with van der Waals surface area (Å²) in [6.45, 7) is 2.20. The monoisotopic (exact) mass is 352 g/mol. The van der Waals surface area contributed by atoms with Crippen molar-refractivity contribution < 1.29 is 9.90 Å². The van der Waals surface area contributed by atoms with E-state index in [4.69, 9.17) is 5.11 Å². The molecule has 0 saturated heterocycles. The molecule has 0 aliphatic rings. The molecule has 0 atom stereocenters. The molecule has 0 aromatic carbocycles. The van der Waals surface area contributed by atoms with Gasteiger partial charge >= 0.3 is 44.1 Å². The zero-order valence-electron chi connectivity index (χ0n) is 12.5. The molecule has 0 amide bonds. The van der Waals surface area contributed by atoms with Gasteiger partial charge in [0, 0.05) is 6.42 Å². The summed E-state index contributed by atoms with van der Waals surface area (Å²) >= 11 is -1.18. The molecular weight excluding hydrogens is 319 g/mol. The van der Waals surface area contributed by atoms with Gasteiger partial charge in [0.2, 0.25) is 0 Å². The molecule has 0 radical (unpaired) electrons. The molecule has 0 aliphatic carbocycles. The van der Waals surface area contributed by atoms with Crippen molar-refractivity contribution in [3.63, 3.8) is 0 Å². The van der Waals surface area contributed by atoms with Crippen LogP contribution in [-0.2, 0) is 4.79 Å². The van der Waals surface area contributed by atoms with Crippen LogP contribution in [0.15, 0.2) is 0 Å². The van der Waals surface area contributed by atoms with Gasteiger partial charge in [0.05, 0.1) is 0 Å². The van der Waals surface area contributed by atoms with Crippen LogP contribution in [0.5, 0.6) is 0 Å². The molecule has 0 spiro atoms. The van der Waals surface area contributed by atoms with Gasteiger partial charge in [-0.2, -0.15) is 0 Å². The van der Waals surface area contributed by atoms with Crippen molar-refractivity contribution in [3.8, 4) is 0 Å². The van der Waals surface area contributed by atoms with E-state index in [-0.39, 0.29) is 0 Å². The van der Waals surface area contributed by atoms with E-state index in [0.717, 1.165) is 12.8 Å². The topological polar surface area (TPSA) is 37.3 Å². The normalized spacial score (nSPS) is 10.6. The number of carboxylic acid groups (broad SMARTS) is 1. The number of carboxylic acids is 1. The van der Waals surface area contributed by atoms with Crippen LogP contribution >= 0.6 is 0 Å². The van der Waals surface area contributed by atoms with E-state index in [1.54, 1.807) is 0 Å². The maximum atomic E-state index is 10.1. The Hall–Kier alpha value is 0.269. The van der Waals surface area contributed by atoms with E-state index in [2.05, 4.69) is 26.7 Å². The third-order valence-electron chi connectivity index (χ3n) is 1.99. The molecule has 0 bridgehead atoms. The Labute approximate surface area is 112 Å². The Kier molecular flexibility index (Phi) is 14.7. The number of hydrogen-bond donors (Lipinski definition) is 1. The molecule has 0 fully saturated rings. The minimum absolute atomic E-state index is 0.341. The van der Waals surface area contributed by atoms with Crippen LogP contribution in [0.1, 0.15) is 58.3 Å². The molecule has 17 heavy (non-hydrogen) atoms. The summed E-state index contributed by atoms with van der Waals surface area (Å²) in [7, 11) is 0. The zero-order valence-corrected chi connectivity index (χ0v) is 15.4. The number of carbonyl (C=O) groups is 1. The molecule has 0 aromatic heterocycles. The average molecular weight is 351 g/mol. The maximum absolute atomic E-state index is 10.1. The van der Waals surface area contributed by atoms with Crippen LogP contribution in [0.25, 0.3) is 0 Å². The van der Waals surface area contributed by atoms with Crippen molar-refractivity contribution in [2.45, 2.75) is 78.0 Å². The fourth-order valence-electron chi connectivity index (χ4n) is 1.23. The van der Waals surface area contributed by atoms with Crippen LogP contribution in [0.2, 0.25) is 19.8 Å². The second-order valence-corrected chi connectivity index (χ2v) is 23.4. The molecule has 2 nitrogen and oxygen atoms in total. The predicted octanol–water partition coefficient (Wildman–Crippen LogP) is 5.17. The van der Waals surface area contributed by atoms with Crippen LogP contribution in [0, 0.1) is 0 Å². The van der Waals surface area contributed by atoms with Gasteiger partial charge < -0.3 is 5.11 Å². The fraction of sp³-hybridized carbons (Fsp3) is 0.929. The number of unbranched alkanes of at least 4 members (excludes halogenated alkanes) is 6. The zero-order chi connectivity index (χ0) is 13.7. The van der Waals surface area contributed by atoms with Gasteiger partial charge in [-0.05, 0) is 6.42 Å². The standard InChI is InChI=1S/C10H20O2.4CH3.Sn/c1-2-3-4-5-6-7-8-9-10(11)12;;;;;/h2-9H2,1H3,(H,11,12);4*1H3;. The average Bonchev–Trinajstić information content (AvgIpc) is 2.13. The quantitative estimate of drug-likeness (QED) is 0.484. The van der Waals surface area contributed by atoms with Crippen molar-refractivity contribution in [2.75, 3.05) is 0 Å². The molecular formula is C14H32O2Sn. The van der Waals surface area contributed by atoms with Crippen LogP contribution < -0.4 is 0 Å². The van der Waals surface area contributed by atoms with Crippen LogP contribution in [0.4, 0.5) is 0 Å². The van der Waals surface area contributed by atoms with Gasteiger partial charge in [0.15, 0.2) is 0 Å². The summed E-state index contributed by atoms with van der Waals surface area (Å²) in [4.78, 5) is 19.7. The van der Waals surface area contributed by atoms with Crippen molar-refractivity contribution in [1.29, 1.82) is 0 Å². The Morgan fingerprint density at radius 2 is 1.24 bits per heavy atom. The molecule has 104 valence electrons. The van der Waals surface area contributed by atoms with Crippen LogP contribution in [-0.4, -0.2) is 29.5 Å². The van der Waals surface area contributed by atoms with Gasteiger partial charge in [-0.25, -0.2) is 0 Å². The van der Waals surface area contributed by atoms with Gasteiger partial charge in [-0.15, -0.1) is 0 Å². The molecule has 0 rings (SSSR count). The molecule has 3 heteroatoms. The van der Waals surface area contributed by atoms with Crippen molar-refractivity contribution in [1.82, 2.24) is 0 Å². The Morgan fingerprint density at radius 3 is 1.59 bits per heavy atom. The van der Waals surface area contributed by atoms with Gasteiger partial charge in [0.1, 0.15) is 0 Å². The van der Waals surface area contributed by atoms with Gasteiger partial charge in [-0.1, -0.05) is 45.4 Å². The van der Waals surface area contributed by atoms with E-state index in [1.807, 2.05) is 0 Å². The summed E-state index contributed by atoms with van der Waals surface area (Å²) in [6, 6.07) is 0. The predicted molar refractivity (Wildman–Crippen MR) is 79.5 cm³/mol. The van der Waals surface area contributed by atoms with Crippen molar-refractivity contribution in [3.05, 3.63) is 0 Å².